The molecule has 0 unspecified atom stereocenters. The third kappa shape index (κ3) is 3.83. The van der Waals surface area contributed by atoms with E-state index in [1.165, 1.54) is 17.0 Å². The largest absolute Gasteiger partial charge is 0.545 e. The number of rotatable bonds is 5. The average Bonchev–Trinajstić information content (AvgIpc) is 2.19. The first-order valence-electron chi connectivity index (χ1n) is 4.93. The Morgan fingerprint density at radius 2 is 2.19 bits per heavy atom. The Morgan fingerprint density at radius 3 is 2.69 bits per heavy atom. The number of carboxylic acids is 1. The monoisotopic (exact) mass is 287 g/mol. The molecule has 0 saturated heterocycles. The molecule has 5 heteroatoms. The maximum absolute atomic E-state index is 10.6. The van der Waals surface area contributed by atoms with Crippen molar-refractivity contribution in [3.63, 3.8) is 0 Å². The van der Waals surface area contributed by atoms with E-state index in [0.29, 0.717) is 16.8 Å². The molecular weight excluding hydrogens is 274 g/mol. The van der Waals surface area contributed by atoms with Gasteiger partial charge < -0.3 is 19.5 Å². The molecule has 0 aliphatic carbocycles. The van der Waals surface area contributed by atoms with Crippen LogP contribution in [-0.4, -0.2) is 33.2 Å². The Morgan fingerprint density at radius 1 is 1.50 bits per heavy atom. The number of nitrogens with one attached hydrogen (secondary N) is 1. The van der Waals surface area contributed by atoms with Crippen molar-refractivity contribution in [2.24, 2.45) is 0 Å². The van der Waals surface area contributed by atoms with Crippen LogP contribution in [0.3, 0.4) is 0 Å². The minimum atomic E-state index is -1.19. The number of quaternary nitrogens is 1. The predicted octanol–water partition coefficient (Wildman–Crippen LogP) is -0.664. The molecule has 1 N–H and O–H groups in total. The highest BCUT2D eigenvalue weighted by atomic mass is 79.9. The van der Waals surface area contributed by atoms with Gasteiger partial charge in [-0.05, 0) is 39.7 Å². The van der Waals surface area contributed by atoms with Crippen molar-refractivity contribution in [3.05, 3.63) is 28.2 Å². The fourth-order valence-electron chi connectivity index (χ4n) is 1.11. The molecule has 0 spiro atoms. The summed E-state index contributed by atoms with van der Waals surface area (Å²) in [7, 11) is 4.08. The second kappa shape index (κ2) is 5.86. The summed E-state index contributed by atoms with van der Waals surface area (Å²) in [6.07, 6.45) is 0. The normalized spacial score (nSPS) is 10.5. The van der Waals surface area contributed by atoms with E-state index in [9.17, 15) is 9.90 Å². The summed E-state index contributed by atoms with van der Waals surface area (Å²) in [5.41, 5.74) is 0.137. The first-order chi connectivity index (χ1) is 7.50. The molecule has 1 rings (SSSR count). The van der Waals surface area contributed by atoms with Crippen molar-refractivity contribution < 1.29 is 19.5 Å². The highest BCUT2D eigenvalue weighted by Crippen LogP contribution is 2.25. The van der Waals surface area contributed by atoms with Crippen molar-refractivity contribution in [2.45, 2.75) is 0 Å². The lowest BCUT2D eigenvalue weighted by atomic mass is 10.2. The Hall–Kier alpha value is -1.07. The van der Waals surface area contributed by atoms with E-state index < -0.39 is 5.97 Å². The van der Waals surface area contributed by atoms with Gasteiger partial charge in [-0.1, -0.05) is 0 Å². The van der Waals surface area contributed by atoms with E-state index in [0.717, 1.165) is 6.54 Å². The Bertz CT molecular complexity index is 379. The number of likely N-dealkylation sites (N-methyl/N-ethyl adjacent to an activating group) is 1. The van der Waals surface area contributed by atoms with Gasteiger partial charge in [-0.2, -0.15) is 0 Å². The van der Waals surface area contributed by atoms with E-state index in [1.807, 2.05) is 14.1 Å². The molecule has 0 radical (unpaired) electrons. The molecule has 0 atom stereocenters. The lowest BCUT2D eigenvalue weighted by molar-refractivity contribution is -0.858. The topological polar surface area (TPSA) is 53.8 Å². The second-order valence-electron chi connectivity index (χ2n) is 3.74. The molecule has 0 aromatic heterocycles. The van der Waals surface area contributed by atoms with Gasteiger partial charge in [0.15, 0.2) is 0 Å². The quantitative estimate of drug-likeness (QED) is 0.782. The molecule has 4 nitrogen and oxygen atoms in total. The second-order valence-corrected chi connectivity index (χ2v) is 4.59. The van der Waals surface area contributed by atoms with Crippen LogP contribution in [0.5, 0.6) is 5.75 Å². The maximum Gasteiger partial charge on any atom is 0.137 e. The minimum absolute atomic E-state index is 0.137. The Balaban J connectivity index is 2.64. The summed E-state index contributed by atoms with van der Waals surface area (Å²) in [5.74, 6) is -0.545. The van der Waals surface area contributed by atoms with Crippen LogP contribution in [0, 0.1) is 0 Å². The van der Waals surface area contributed by atoms with Gasteiger partial charge in [-0.25, -0.2) is 0 Å². The number of ether oxygens (including phenoxy) is 1. The van der Waals surface area contributed by atoms with Crippen LogP contribution in [0.25, 0.3) is 0 Å². The summed E-state index contributed by atoms with van der Waals surface area (Å²) >= 11 is 3.26. The number of benzene rings is 1. The third-order valence-electron chi connectivity index (χ3n) is 2.03. The van der Waals surface area contributed by atoms with E-state index >= 15 is 0 Å². The molecule has 0 amide bonds. The molecule has 0 saturated carbocycles. The SMILES string of the molecule is C[NH+](C)CCOc1ccc(C(=O)[O-])cc1Br. The van der Waals surface area contributed by atoms with Gasteiger partial charge in [0, 0.05) is 0 Å². The van der Waals surface area contributed by atoms with Crippen molar-refractivity contribution in [3.8, 4) is 5.75 Å². The Labute approximate surface area is 103 Å². The van der Waals surface area contributed by atoms with Crippen LogP contribution in [0.4, 0.5) is 0 Å². The molecule has 1 aromatic carbocycles. The van der Waals surface area contributed by atoms with Gasteiger partial charge in [0.25, 0.3) is 0 Å². The van der Waals surface area contributed by atoms with E-state index in [2.05, 4.69) is 15.9 Å². The summed E-state index contributed by atoms with van der Waals surface area (Å²) in [6.45, 7) is 1.47. The average molecular weight is 288 g/mol. The van der Waals surface area contributed by atoms with Crippen molar-refractivity contribution in [1.82, 2.24) is 0 Å². The predicted molar refractivity (Wildman–Crippen MR) is 61.6 cm³/mol. The first-order valence-corrected chi connectivity index (χ1v) is 5.72. The van der Waals surface area contributed by atoms with Crippen LogP contribution in [0.15, 0.2) is 22.7 Å². The van der Waals surface area contributed by atoms with Gasteiger partial charge in [-0.15, -0.1) is 0 Å². The standard InChI is InChI=1S/C11H14BrNO3/c1-13(2)5-6-16-10-4-3-8(11(14)15)7-9(10)12/h3-4,7H,5-6H2,1-2H3,(H,14,15). The highest BCUT2D eigenvalue weighted by Gasteiger charge is 2.04. The van der Waals surface area contributed by atoms with E-state index in [4.69, 9.17) is 4.74 Å². The lowest BCUT2D eigenvalue weighted by Gasteiger charge is -2.11. The van der Waals surface area contributed by atoms with E-state index in [-0.39, 0.29) is 5.56 Å². The number of aromatic carboxylic acids is 1. The van der Waals surface area contributed by atoms with Crippen LogP contribution in [-0.2, 0) is 0 Å². The van der Waals surface area contributed by atoms with Crippen molar-refractivity contribution in [2.75, 3.05) is 27.2 Å². The first kappa shape index (κ1) is 13.0. The summed E-state index contributed by atoms with van der Waals surface area (Å²) in [5, 5.41) is 10.6. The number of carbonyl (C=O) groups excluding carboxylic acids is 1. The number of hydrogen-bond acceptors (Lipinski definition) is 3. The molecule has 0 aliphatic rings. The molecule has 0 bridgehead atoms. The lowest BCUT2D eigenvalue weighted by Crippen LogP contribution is -3.06. The van der Waals surface area contributed by atoms with Crippen molar-refractivity contribution >= 4 is 21.9 Å². The molecular formula is C11H14BrNO3. The smallest absolute Gasteiger partial charge is 0.137 e. The third-order valence-corrected chi connectivity index (χ3v) is 2.65. The fraction of sp³-hybridized carbons (Fsp3) is 0.364. The number of hydrogen-bond donors (Lipinski definition) is 1. The van der Waals surface area contributed by atoms with Gasteiger partial charge >= 0.3 is 0 Å². The zero-order chi connectivity index (χ0) is 12.1. The maximum atomic E-state index is 10.6. The van der Waals surface area contributed by atoms with Crippen LogP contribution in [0.2, 0.25) is 0 Å². The summed E-state index contributed by atoms with van der Waals surface area (Å²) in [6, 6.07) is 4.57. The molecule has 16 heavy (non-hydrogen) atoms. The Kier molecular flexibility index (Phi) is 4.76. The zero-order valence-corrected chi connectivity index (χ0v) is 10.8. The summed E-state index contributed by atoms with van der Waals surface area (Å²) in [4.78, 5) is 11.9. The van der Waals surface area contributed by atoms with Crippen LogP contribution in [0.1, 0.15) is 10.4 Å². The number of carbonyl (C=O) groups is 1. The van der Waals surface area contributed by atoms with Crippen LogP contribution < -0.4 is 14.7 Å². The van der Waals surface area contributed by atoms with Crippen molar-refractivity contribution in [1.29, 1.82) is 0 Å². The molecule has 88 valence electrons. The molecule has 1 aromatic rings. The van der Waals surface area contributed by atoms with Gasteiger partial charge in [0.05, 0.1) is 24.5 Å². The van der Waals surface area contributed by atoms with Gasteiger partial charge in [0.2, 0.25) is 0 Å². The number of carboxylic acid groups (broad SMARTS) is 1. The molecule has 0 heterocycles. The zero-order valence-electron chi connectivity index (χ0n) is 9.25. The summed E-state index contributed by atoms with van der Waals surface area (Å²) < 4.78 is 6.13. The van der Waals surface area contributed by atoms with Gasteiger partial charge in [0.1, 0.15) is 18.9 Å². The minimum Gasteiger partial charge on any atom is -0.545 e. The molecule has 0 aliphatic heterocycles. The highest BCUT2D eigenvalue weighted by molar-refractivity contribution is 9.10. The van der Waals surface area contributed by atoms with E-state index in [1.54, 1.807) is 6.07 Å². The fourth-order valence-corrected chi connectivity index (χ4v) is 1.60. The van der Waals surface area contributed by atoms with Crippen LogP contribution >= 0.6 is 15.9 Å². The number of halogens is 1. The molecule has 0 fully saturated rings. The van der Waals surface area contributed by atoms with Gasteiger partial charge in [-0.3, -0.25) is 0 Å².